The van der Waals surface area contributed by atoms with Gasteiger partial charge < -0.3 is 20.5 Å². The average Bonchev–Trinajstić information content (AvgIpc) is 3.08. The SMILES string of the molecule is CCC(C)C(N)C(=O)NC(C)N(CC)C(C)Cc1ccc2c(c1)OCO2. The number of benzene rings is 1. The zero-order valence-corrected chi connectivity index (χ0v) is 16.6. The molecule has 1 aliphatic rings. The highest BCUT2D eigenvalue weighted by Crippen LogP contribution is 2.33. The van der Waals surface area contributed by atoms with Crippen molar-refractivity contribution in [2.45, 2.75) is 65.7 Å². The first-order valence-electron chi connectivity index (χ1n) is 9.57. The number of nitrogens with two attached hydrogens (primary N) is 1. The van der Waals surface area contributed by atoms with E-state index >= 15 is 0 Å². The van der Waals surface area contributed by atoms with Crippen LogP contribution in [0.4, 0.5) is 0 Å². The van der Waals surface area contributed by atoms with Crippen LogP contribution in [0.5, 0.6) is 11.5 Å². The fraction of sp³-hybridized carbons (Fsp3) is 0.650. The molecule has 0 aliphatic carbocycles. The molecular weight excluding hydrogens is 330 g/mol. The van der Waals surface area contributed by atoms with Gasteiger partial charge in [0.05, 0.1) is 12.2 Å². The fourth-order valence-electron chi connectivity index (χ4n) is 3.39. The van der Waals surface area contributed by atoms with Gasteiger partial charge in [-0.25, -0.2) is 0 Å². The van der Waals surface area contributed by atoms with Gasteiger partial charge in [-0.15, -0.1) is 0 Å². The smallest absolute Gasteiger partial charge is 0.238 e. The van der Waals surface area contributed by atoms with E-state index in [0.29, 0.717) is 0 Å². The summed E-state index contributed by atoms with van der Waals surface area (Å²) in [6.07, 6.45) is 1.68. The van der Waals surface area contributed by atoms with Crippen LogP contribution in [0.1, 0.15) is 46.6 Å². The number of ether oxygens (including phenoxy) is 2. The second kappa shape index (κ2) is 9.24. The first-order valence-corrected chi connectivity index (χ1v) is 9.57. The molecule has 1 aromatic carbocycles. The molecule has 146 valence electrons. The third-order valence-corrected chi connectivity index (χ3v) is 5.31. The Balaban J connectivity index is 1.96. The van der Waals surface area contributed by atoms with Crippen molar-refractivity contribution in [3.05, 3.63) is 23.8 Å². The van der Waals surface area contributed by atoms with Gasteiger partial charge in [-0.2, -0.15) is 0 Å². The molecule has 0 saturated carbocycles. The predicted molar refractivity (Wildman–Crippen MR) is 103 cm³/mol. The molecule has 2 rings (SSSR count). The number of rotatable bonds is 9. The van der Waals surface area contributed by atoms with Gasteiger partial charge in [0, 0.05) is 6.04 Å². The lowest BCUT2D eigenvalue weighted by Gasteiger charge is -2.35. The van der Waals surface area contributed by atoms with Crippen molar-refractivity contribution < 1.29 is 14.3 Å². The zero-order chi connectivity index (χ0) is 19.3. The van der Waals surface area contributed by atoms with Crippen LogP contribution in [0.15, 0.2) is 18.2 Å². The van der Waals surface area contributed by atoms with Crippen molar-refractivity contribution in [3.63, 3.8) is 0 Å². The molecule has 1 amide bonds. The van der Waals surface area contributed by atoms with E-state index in [4.69, 9.17) is 15.2 Å². The maximum atomic E-state index is 12.4. The van der Waals surface area contributed by atoms with E-state index in [1.807, 2.05) is 32.9 Å². The van der Waals surface area contributed by atoms with Crippen molar-refractivity contribution in [2.24, 2.45) is 11.7 Å². The van der Waals surface area contributed by atoms with Crippen molar-refractivity contribution in [1.29, 1.82) is 0 Å². The number of hydrogen-bond acceptors (Lipinski definition) is 5. The van der Waals surface area contributed by atoms with E-state index in [9.17, 15) is 4.79 Å². The van der Waals surface area contributed by atoms with Crippen molar-refractivity contribution >= 4 is 5.91 Å². The monoisotopic (exact) mass is 363 g/mol. The molecule has 0 radical (unpaired) electrons. The molecular formula is C20H33N3O3. The van der Waals surface area contributed by atoms with Crippen molar-refractivity contribution in [2.75, 3.05) is 13.3 Å². The van der Waals surface area contributed by atoms with Crippen LogP contribution in [0.25, 0.3) is 0 Å². The van der Waals surface area contributed by atoms with E-state index in [0.717, 1.165) is 30.9 Å². The molecule has 0 spiro atoms. The molecule has 26 heavy (non-hydrogen) atoms. The number of hydrogen-bond donors (Lipinski definition) is 2. The fourth-order valence-corrected chi connectivity index (χ4v) is 3.39. The number of amides is 1. The second-order valence-corrected chi connectivity index (χ2v) is 7.17. The van der Waals surface area contributed by atoms with Crippen molar-refractivity contribution in [3.8, 4) is 11.5 Å². The van der Waals surface area contributed by atoms with E-state index in [1.165, 1.54) is 5.56 Å². The normalized spacial score (nSPS) is 17.7. The summed E-state index contributed by atoms with van der Waals surface area (Å²) in [4.78, 5) is 14.7. The maximum Gasteiger partial charge on any atom is 0.238 e. The molecule has 3 N–H and O–H groups in total. The number of fused-ring (bicyclic) bond motifs is 1. The number of carbonyl (C=O) groups excluding carboxylic acids is 1. The molecule has 1 aromatic rings. The average molecular weight is 364 g/mol. The van der Waals surface area contributed by atoms with Gasteiger partial charge in [0.2, 0.25) is 12.7 Å². The lowest BCUT2D eigenvalue weighted by Crippen LogP contribution is -2.55. The molecule has 1 heterocycles. The summed E-state index contributed by atoms with van der Waals surface area (Å²) in [6, 6.07) is 5.85. The Labute approximate surface area is 157 Å². The summed E-state index contributed by atoms with van der Waals surface area (Å²) in [6.45, 7) is 11.5. The Kier molecular flexibility index (Phi) is 7.29. The molecule has 0 aromatic heterocycles. The Hall–Kier alpha value is -1.79. The van der Waals surface area contributed by atoms with Crippen molar-refractivity contribution in [1.82, 2.24) is 10.2 Å². The summed E-state index contributed by atoms with van der Waals surface area (Å²) in [7, 11) is 0. The van der Waals surface area contributed by atoms with E-state index in [1.54, 1.807) is 0 Å². The highest BCUT2D eigenvalue weighted by molar-refractivity contribution is 5.81. The Bertz CT molecular complexity index is 608. The summed E-state index contributed by atoms with van der Waals surface area (Å²) < 4.78 is 10.8. The summed E-state index contributed by atoms with van der Waals surface area (Å²) in [5.74, 6) is 1.69. The Morgan fingerprint density at radius 2 is 1.92 bits per heavy atom. The van der Waals surface area contributed by atoms with Crippen LogP contribution in [0.3, 0.4) is 0 Å². The molecule has 4 unspecified atom stereocenters. The van der Waals surface area contributed by atoms with Gasteiger partial charge in [0.15, 0.2) is 11.5 Å². The predicted octanol–water partition coefficient (Wildman–Crippen LogP) is 2.50. The molecule has 6 nitrogen and oxygen atoms in total. The van der Waals surface area contributed by atoms with E-state index in [-0.39, 0.29) is 30.8 Å². The first kappa shape index (κ1) is 20.5. The highest BCUT2D eigenvalue weighted by Gasteiger charge is 2.25. The van der Waals surface area contributed by atoms with Crippen LogP contribution in [0.2, 0.25) is 0 Å². The van der Waals surface area contributed by atoms with Crippen LogP contribution >= 0.6 is 0 Å². The number of carbonyl (C=O) groups is 1. The third-order valence-electron chi connectivity index (χ3n) is 5.31. The summed E-state index contributed by atoms with van der Waals surface area (Å²) in [5.41, 5.74) is 7.25. The standard InChI is InChI=1S/C20H33N3O3/c1-6-13(3)19(21)20(24)22-15(5)23(7-2)14(4)10-16-8-9-17-18(11-16)26-12-25-17/h8-9,11,13-15,19H,6-7,10,12,21H2,1-5H3,(H,22,24). The maximum absolute atomic E-state index is 12.4. The minimum Gasteiger partial charge on any atom is -0.454 e. The van der Waals surface area contributed by atoms with E-state index in [2.05, 4.69) is 30.1 Å². The van der Waals surface area contributed by atoms with Crippen LogP contribution in [-0.4, -0.2) is 42.4 Å². The van der Waals surface area contributed by atoms with Gasteiger partial charge in [0.1, 0.15) is 0 Å². The molecule has 1 aliphatic heterocycles. The number of nitrogens with one attached hydrogen (secondary N) is 1. The Morgan fingerprint density at radius 3 is 2.58 bits per heavy atom. The summed E-state index contributed by atoms with van der Waals surface area (Å²) >= 11 is 0. The number of likely N-dealkylation sites (N-methyl/N-ethyl adjacent to an activating group) is 1. The van der Waals surface area contributed by atoms with Gasteiger partial charge in [-0.05, 0) is 50.4 Å². The lowest BCUT2D eigenvalue weighted by molar-refractivity contribution is -0.125. The molecule has 4 atom stereocenters. The molecule has 0 bridgehead atoms. The largest absolute Gasteiger partial charge is 0.454 e. The van der Waals surface area contributed by atoms with Gasteiger partial charge in [0.25, 0.3) is 0 Å². The third kappa shape index (κ3) is 4.89. The molecule has 0 saturated heterocycles. The lowest BCUT2D eigenvalue weighted by atomic mass is 9.99. The minimum atomic E-state index is -0.467. The van der Waals surface area contributed by atoms with Gasteiger partial charge in [-0.3, -0.25) is 9.69 Å². The molecule has 6 heteroatoms. The first-order chi connectivity index (χ1) is 12.4. The zero-order valence-electron chi connectivity index (χ0n) is 16.6. The minimum absolute atomic E-state index is 0.0772. The second-order valence-electron chi connectivity index (χ2n) is 7.17. The van der Waals surface area contributed by atoms with Gasteiger partial charge >= 0.3 is 0 Å². The summed E-state index contributed by atoms with van der Waals surface area (Å²) in [5, 5.41) is 3.07. The van der Waals surface area contributed by atoms with Crippen LogP contribution < -0.4 is 20.5 Å². The van der Waals surface area contributed by atoms with Gasteiger partial charge in [-0.1, -0.05) is 33.3 Å². The van der Waals surface area contributed by atoms with E-state index < -0.39 is 6.04 Å². The van der Waals surface area contributed by atoms with Crippen LogP contribution in [-0.2, 0) is 11.2 Å². The number of nitrogens with zero attached hydrogens (tertiary/aromatic N) is 1. The molecule has 0 fully saturated rings. The quantitative estimate of drug-likeness (QED) is 0.659. The highest BCUT2D eigenvalue weighted by atomic mass is 16.7. The Morgan fingerprint density at radius 1 is 1.23 bits per heavy atom. The topological polar surface area (TPSA) is 76.8 Å². The van der Waals surface area contributed by atoms with Crippen LogP contribution in [0, 0.1) is 5.92 Å².